The molecular weight excluding hydrogens is 302 g/mol. The first-order valence-electron chi connectivity index (χ1n) is 8.63. The number of nitrogens with one attached hydrogen (secondary N) is 3. The van der Waals surface area contributed by atoms with Crippen LogP contribution in [0.15, 0.2) is 29.4 Å². The largest absolute Gasteiger partial charge is 0.347 e. The average molecular weight is 325 g/mol. The Bertz CT molecular complexity index is 768. The lowest BCUT2D eigenvalue weighted by Crippen LogP contribution is -2.51. The topological polar surface area (TPSA) is 82.2 Å². The van der Waals surface area contributed by atoms with Gasteiger partial charge in [0, 0.05) is 24.7 Å². The third-order valence-electron chi connectivity index (χ3n) is 5.26. The van der Waals surface area contributed by atoms with E-state index < -0.39 is 0 Å². The molecule has 3 N–H and O–H groups in total. The maximum absolute atomic E-state index is 12.6. The second-order valence-corrected chi connectivity index (χ2v) is 6.93. The van der Waals surface area contributed by atoms with E-state index in [4.69, 9.17) is 0 Å². The van der Waals surface area contributed by atoms with Crippen LogP contribution in [0.4, 0.5) is 0 Å². The summed E-state index contributed by atoms with van der Waals surface area (Å²) >= 11 is 0. The molecule has 4 rings (SSSR count). The van der Waals surface area contributed by atoms with Crippen LogP contribution in [0.1, 0.15) is 24.8 Å². The van der Waals surface area contributed by atoms with Gasteiger partial charge in [-0.15, -0.1) is 0 Å². The van der Waals surface area contributed by atoms with Gasteiger partial charge in [-0.1, -0.05) is 12.1 Å². The zero-order valence-electron chi connectivity index (χ0n) is 13.8. The molecule has 1 saturated heterocycles. The van der Waals surface area contributed by atoms with E-state index in [2.05, 4.69) is 38.0 Å². The van der Waals surface area contributed by atoms with Crippen molar-refractivity contribution in [3.05, 3.63) is 30.0 Å². The van der Waals surface area contributed by atoms with Crippen molar-refractivity contribution in [1.82, 2.24) is 20.8 Å². The zero-order valence-corrected chi connectivity index (χ0v) is 13.8. The third-order valence-corrected chi connectivity index (χ3v) is 5.26. The highest BCUT2D eigenvalue weighted by atomic mass is 16.2. The van der Waals surface area contributed by atoms with E-state index in [0.717, 1.165) is 29.3 Å². The molecule has 4 atom stereocenters. The van der Waals surface area contributed by atoms with Gasteiger partial charge >= 0.3 is 0 Å². The number of aromatic amines is 1. The summed E-state index contributed by atoms with van der Waals surface area (Å²) in [5.41, 5.74) is 2.17. The molecule has 0 spiro atoms. The number of rotatable bonds is 5. The van der Waals surface area contributed by atoms with E-state index in [-0.39, 0.29) is 18.0 Å². The van der Waals surface area contributed by atoms with Gasteiger partial charge in [0.25, 0.3) is 0 Å². The molecule has 1 saturated carbocycles. The molecule has 1 amide bonds. The minimum absolute atomic E-state index is 0.0356. The summed E-state index contributed by atoms with van der Waals surface area (Å²) in [5.74, 6) is 0.602. The van der Waals surface area contributed by atoms with E-state index in [0.29, 0.717) is 12.0 Å². The van der Waals surface area contributed by atoms with Gasteiger partial charge in [0.1, 0.15) is 0 Å². The van der Waals surface area contributed by atoms with E-state index in [9.17, 15) is 4.79 Å². The molecule has 1 aromatic heterocycles. The zero-order chi connectivity index (χ0) is 16.5. The summed E-state index contributed by atoms with van der Waals surface area (Å²) < 4.78 is 0. The van der Waals surface area contributed by atoms with Crippen LogP contribution >= 0.6 is 0 Å². The van der Waals surface area contributed by atoms with Gasteiger partial charge in [0.15, 0.2) is 0 Å². The molecule has 126 valence electrons. The lowest BCUT2D eigenvalue weighted by molar-refractivity contribution is -0.124. The highest BCUT2D eigenvalue weighted by molar-refractivity contribution is 5.86. The number of nitrogens with zero attached hydrogens (tertiary/aromatic N) is 2. The minimum Gasteiger partial charge on any atom is -0.347 e. The quantitative estimate of drug-likeness (QED) is 0.727. The number of benzene rings is 1. The van der Waals surface area contributed by atoms with Crippen molar-refractivity contribution in [2.75, 3.05) is 7.05 Å². The predicted molar refractivity (Wildman–Crippen MR) is 94.2 cm³/mol. The van der Waals surface area contributed by atoms with Crippen LogP contribution in [0.5, 0.6) is 0 Å². The van der Waals surface area contributed by atoms with E-state index in [1.807, 2.05) is 18.5 Å². The Labute approximate surface area is 141 Å². The number of amides is 1. The van der Waals surface area contributed by atoms with Gasteiger partial charge in [0.2, 0.25) is 5.91 Å². The molecule has 2 fully saturated rings. The fourth-order valence-electron chi connectivity index (χ4n) is 4.11. The highest BCUT2D eigenvalue weighted by Gasteiger charge is 2.42. The second-order valence-electron chi connectivity index (χ2n) is 6.93. The fourth-order valence-corrected chi connectivity index (χ4v) is 4.11. The normalized spacial score (nSPS) is 27.1. The minimum atomic E-state index is -0.0937. The van der Waals surface area contributed by atoms with E-state index >= 15 is 0 Å². The van der Waals surface area contributed by atoms with Crippen molar-refractivity contribution < 1.29 is 4.79 Å². The Balaban J connectivity index is 1.44. The molecule has 1 aliphatic heterocycles. The summed E-state index contributed by atoms with van der Waals surface area (Å²) in [7, 11) is 1.74. The van der Waals surface area contributed by atoms with Crippen LogP contribution in [0.2, 0.25) is 0 Å². The van der Waals surface area contributed by atoms with Gasteiger partial charge in [-0.3, -0.25) is 14.9 Å². The van der Waals surface area contributed by atoms with E-state index in [1.165, 1.54) is 12.8 Å². The number of H-pyrrole nitrogens is 1. The van der Waals surface area contributed by atoms with Crippen molar-refractivity contribution in [1.29, 1.82) is 0 Å². The number of piperidine rings is 1. The van der Waals surface area contributed by atoms with Gasteiger partial charge in [-0.25, -0.2) is 0 Å². The number of hydrogen-bond donors (Lipinski definition) is 3. The van der Waals surface area contributed by atoms with Crippen LogP contribution in [-0.4, -0.2) is 47.5 Å². The predicted octanol–water partition coefficient (Wildman–Crippen LogP) is 1.43. The first-order chi connectivity index (χ1) is 11.7. The molecule has 2 aliphatic rings. The maximum Gasteiger partial charge on any atom is 0.237 e. The van der Waals surface area contributed by atoms with Crippen LogP contribution < -0.4 is 10.6 Å². The molecule has 1 aromatic carbocycles. The lowest BCUT2D eigenvalue weighted by Gasteiger charge is -2.24. The van der Waals surface area contributed by atoms with Crippen LogP contribution in [-0.2, 0) is 11.2 Å². The second kappa shape index (κ2) is 6.36. The van der Waals surface area contributed by atoms with Gasteiger partial charge in [-0.05, 0) is 43.2 Å². The number of fused-ring (bicyclic) bond motifs is 3. The van der Waals surface area contributed by atoms with Crippen LogP contribution in [0.25, 0.3) is 10.9 Å². The van der Waals surface area contributed by atoms with Gasteiger partial charge in [-0.2, -0.15) is 5.10 Å². The molecule has 1 aliphatic carbocycles. The Kier molecular flexibility index (Phi) is 4.06. The van der Waals surface area contributed by atoms with Crippen molar-refractivity contribution in [3.8, 4) is 0 Å². The Morgan fingerprint density at radius 1 is 1.50 bits per heavy atom. The standard InChI is InChI=1S/C18H23N5O/c1-19-10-15(6-11-2-3-13-9-20-23-16(13)7-11)22-18(24)17-12-4-5-14(8-12)21-17/h2-3,7,9-10,12,14-15,17,21H,4-6,8H2,1H3,(H,20,23)(H,22,24)/b19-10+/t12-,14+,15?,17-/m0/s1. The molecule has 2 heterocycles. The molecule has 0 radical (unpaired) electrons. The number of hydrogen-bond acceptors (Lipinski definition) is 4. The maximum atomic E-state index is 12.6. The van der Waals surface area contributed by atoms with Crippen molar-refractivity contribution in [3.63, 3.8) is 0 Å². The Morgan fingerprint density at radius 2 is 2.42 bits per heavy atom. The van der Waals surface area contributed by atoms with Crippen molar-refractivity contribution >= 4 is 23.0 Å². The first kappa shape index (κ1) is 15.3. The molecular formula is C18H23N5O. The third kappa shape index (κ3) is 2.94. The molecule has 6 nitrogen and oxygen atoms in total. The van der Waals surface area contributed by atoms with Gasteiger partial charge < -0.3 is 10.6 Å². The molecule has 24 heavy (non-hydrogen) atoms. The molecule has 1 unspecified atom stereocenters. The smallest absolute Gasteiger partial charge is 0.237 e. The number of carbonyl (C=O) groups is 1. The number of aliphatic imine (C=N–C) groups is 1. The van der Waals surface area contributed by atoms with Crippen molar-refractivity contribution in [2.24, 2.45) is 10.9 Å². The lowest BCUT2D eigenvalue weighted by atomic mass is 9.98. The molecule has 2 aromatic rings. The van der Waals surface area contributed by atoms with Crippen molar-refractivity contribution in [2.45, 2.75) is 43.8 Å². The summed E-state index contributed by atoms with van der Waals surface area (Å²) in [6.07, 6.45) is 7.87. The fraction of sp³-hybridized carbons (Fsp3) is 0.500. The van der Waals surface area contributed by atoms with Gasteiger partial charge in [0.05, 0.1) is 23.8 Å². The van der Waals surface area contributed by atoms with Crippen LogP contribution in [0.3, 0.4) is 0 Å². The first-order valence-corrected chi connectivity index (χ1v) is 8.63. The summed E-state index contributed by atoms with van der Waals surface area (Å²) in [4.78, 5) is 16.8. The molecule has 6 heteroatoms. The highest BCUT2D eigenvalue weighted by Crippen LogP contribution is 2.35. The summed E-state index contributed by atoms with van der Waals surface area (Å²) in [6, 6.07) is 6.62. The monoisotopic (exact) mass is 325 g/mol. The SMILES string of the molecule is C/N=C/C(Cc1ccc2cn[nH]c2c1)NC(=O)[C@H]1N[C@@H]2CC[C@H]1C2. The van der Waals surface area contributed by atoms with E-state index in [1.54, 1.807) is 7.05 Å². The van der Waals surface area contributed by atoms with Crippen LogP contribution in [0, 0.1) is 5.92 Å². The Morgan fingerprint density at radius 3 is 3.17 bits per heavy atom. The summed E-state index contributed by atoms with van der Waals surface area (Å²) in [5, 5.41) is 14.7. The number of aromatic nitrogens is 2. The summed E-state index contributed by atoms with van der Waals surface area (Å²) in [6.45, 7) is 0. The average Bonchev–Trinajstić information content (AvgIpc) is 3.30. The Hall–Kier alpha value is -2.21. The molecule has 2 bridgehead atoms. The number of carbonyl (C=O) groups excluding carboxylic acids is 1.